The van der Waals surface area contributed by atoms with Crippen molar-refractivity contribution in [3.63, 3.8) is 0 Å². The van der Waals surface area contributed by atoms with Crippen molar-refractivity contribution in [2.45, 2.75) is 6.42 Å². The molecule has 0 unspecified atom stereocenters. The van der Waals surface area contributed by atoms with E-state index in [0.29, 0.717) is 17.8 Å². The molecule has 0 atom stereocenters. The molecule has 0 aliphatic heterocycles. The number of nitrogen functional groups attached to an aromatic ring is 1. The smallest absolute Gasteiger partial charge is 0.252 e. The average molecular weight is 228 g/mol. The van der Waals surface area contributed by atoms with Crippen LogP contribution in [0.3, 0.4) is 0 Å². The van der Waals surface area contributed by atoms with Crippen molar-refractivity contribution >= 4 is 11.6 Å². The SMILES string of the molecule is NC(=O)c1c(N)ccnc1Cc1ccccn1. The zero-order valence-corrected chi connectivity index (χ0v) is 9.13. The maximum atomic E-state index is 11.3. The van der Waals surface area contributed by atoms with Crippen molar-refractivity contribution < 1.29 is 4.79 Å². The van der Waals surface area contributed by atoms with Gasteiger partial charge in [-0.05, 0) is 18.2 Å². The summed E-state index contributed by atoms with van der Waals surface area (Å²) >= 11 is 0. The number of anilines is 1. The largest absolute Gasteiger partial charge is 0.398 e. The van der Waals surface area contributed by atoms with Gasteiger partial charge in [0, 0.05) is 30.2 Å². The van der Waals surface area contributed by atoms with Crippen molar-refractivity contribution in [1.82, 2.24) is 9.97 Å². The highest BCUT2D eigenvalue weighted by Gasteiger charge is 2.13. The van der Waals surface area contributed by atoms with Crippen LogP contribution < -0.4 is 11.5 Å². The molecule has 17 heavy (non-hydrogen) atoms. The number of rotatable bonds is 3. The van der Waals surface area contributed by atoms with E-state index in [1.807, 2.05) is 18.2 Å². The van der Waals surface area contributed by atoms with Gasteiger partial charge in [-0.25, -0.2) is 0 Å². The van der Waals surface area contributed by atoms with Gasteiger partial charge >= 0.3 is 0 Å². The van der Waals surface area contributed by atoms with E-state index in [0.717, 1.165) is 5.69 Å². The second-order valence-electron chi connectivity index (χ2n) is 3.58. The van der Waals surface area contributed by atoms with Crippen LogP contribution in [0.25, 0.3) is 0 Å². The molecule has 0 fully saturated rings. The number of amides is 1. The van der Waals surface area contributed by atoms with Crippen LogP contribution in [0.15, 0.2) is 36.7 Å². The molecule has 0 saturated heterocycles. The monoisotopic (exact) mass is 228 g/mol. The molecule has 0 aliphatic carbocycles. The average Bonchev–Trinajstić information content (AvgIpc) is 2.30. The Hall–Kier alpha value is -2.43. The minimum atomic E-state index is -0.568. The Morgan fingerprint density at radius 3 is 2.65 bits per heavy atom. The summed E-state index contributed by atoms with van der Waals surface area (Å²) in [6.07, 6.45) is 3.68. The Labute approximate surface area is 98.5 Å². The normalized spacial score (nSPS) is 10.1. The van der Waals surface area contributed by atoms with Crippen LogP contribution in [0.4, 0.5) is 5.69 Å². The Morgan fingerprint density at radius 2 is 2.00 bits per heavy atom. The number of carbonyl (C=O) groups is 1. The fourth-order valence-electron chi connectivity index (χ4n) is 1.61. The van der Waals surface area contributed by atoms with Crippen molar-refractivity contribution in [3.8, 4) is 0 Å². The number of primary amides is 1. The summed E-state index contributed by atoms with van der Waals surface area (Å²) in [5.74, 6) is -0.568. The molecule has 5 nitrogen and oxygen atoms in total. The minimum Gasteiger partial charge on any atom is -0.398 e. The van der Waals surface area contributed by atoms with Gasteiger partial charge < -0.3 is 11.5 Å². The highest BCUT2D eigenvalue weighted by Crippen LogP contribution is 2.16. The van der Waals surface area contributed by atoms with Gasteiger partial charge in [0.05, 0.1) is 11.3 Å². The van der Waals surface area contributed by atoms with Gasteiger partial charge in [-0.15, -0.1) is 0 Å². The van der Waals surface area contributed by atoms with Crippen LogP contribution in [0.5, 0.6) is 0 Å². The third kappa shape index (κ3) is 2.39. The van der Waals surface area contributed by atoms with Gasteiger partial charge in [-0.2, -0.15) is 0 Å². The Morgan fingerprint density at radius 1 is 1.18 bits per heavy atom. The lowest BCUT2D eigenvalue weighted by Gasteiger charge is -2.07. The number of nitrogens with two attached hydrogens (primary N) is 2. The molecule has 2 heterocycles. The first-order valence-electron chi connectivity index (χ1n) is 5.11. The van der Waals surface area contributed by atoms with Crippen LogP contribution in [0, 0.1) is 0 Å². The summed E-state index contributed by atoms with van der Waals surface area (Å²) in [6.45, 7) is 0. The molecule has 1 amide bonds. The third-order valence-corrected chi connectivity index (χ3v) is 2.38. The first-order chi connectivity index (χ1) is 8.18. The summed E-state index contributed by atoms with van der Waals surface area (Å²) in [6, 6.07) is 7.11. The molecule has 5 heteroatoms. The van der Waals surface area contributed by atoms with E-state index >= 15 is 0 Å². The molecule has 4 N–H and O–H groups in total. The standard InChI is InChI=1S/C12H12N4O/c13-9-4-6-16-10(11(9)12(14)17)7-8-3-1-2-5-15-8/h1-6H,7H2,(H2,13,16)(H2,14,17). The highest BCUT2D eigenvalue weighted by atomic mass is 16.1. The van der Waals surface area contributed by atoms with E-state index in [2.05, 4.69) is 9.97 Å². The number of pyridine rings is 2. The molecule has 86 valence electrons. The van der Waals surface area contributed by atoms with E-state index in [9.17, 15) is 4.79 Å². The molecule has 0 aliphatic rings. The zero-order chi connectivity index (χ0) is 12.3. The number of nitrogens with zero attached hydrogens (tertiary/aromatic N) is 2. The molecule has 0 bridgehead atoms. The summed E-state index contributed by atoms with van der Waals surface area (Å²) in [5, 5.41) is 0. The summed E-state index contributed by atoms with van der Waals surface area (Å²) in [4.78, 5) is 19.6. The predicted octanol–water partition coefficient (Wildman–Crippen LogP) is 0.748. The maximum absolute atomic E-state index is 11.3. The predicted molar refractivity (Wildman–Crippen MR) is 64.2 cm³/mol. The Kier molecular flexibility index (Phi) is 3.00. The molecular weight excluding hydrogens is 216 g/mol. The van der Waals surface area contributed by atoms with Gasteiger partial charge in [0.25, 0.3) is 5.91 Å². The lowest BCUT2D eigenvalue weighted by molar-refractivity contribution is 0.1000. The van der Waals surface area contributed by atoms with E-state index in [1.165, 1.54) is 0 Å². The van der Waals surface area contributed by atoms with E-state index in [-0.39, 0.29) is 5.56 Å². The molecule has 2 rings (SSSR count). The first-order valence-corrected chi connectivity index (χ1v) is 5.11. The molecule has 0 aromatic carbocycles. The lowest BCUT2D eigenvalue weighted by atomic mass is 10.1. The van der Waals surface area contributed by atoms with Crippen LogP contribution in [0.1, 0.15) is 21.7 Å². The van der Waals surface area contributed by atoms with Gasteiger partial charge in [0.2, 0.25) is 0 Å². The number of hydrogen-bond acceptors (Lipinski definition) is 4. The van der Waals surface area contributed by atoms with E-state index < -0.39 is 5.91 Å². The first kappa shape index (κ1) is 11.1. The number of aromatic nitrogens is 2. The maximum Gasteiger partial charge on any atom is 0.252 e. The van der Waals surface area contributed by atoms with Crippen LogP contribution >= 0.6 is 0 Å². The zero-order valence-electron chi connectivity index (χ0n) is 9.13. The quantitative estimate of drug-likeness (QED) is 0.810. The molecular formula is C12H12N4O. The molecule has 2 aromatic heterocycles. The molecule has 0 saturated carbocycles. The van der Waals surface area contributed by atoms with Crippen LogP contribution in [-0.2, 0) is 6.42 Å². The van der Waals surface area contributed by atoms with Crippen molar-refractivity contribution in [1.29, 1.82) is 0 Å². The van der Waals surface area contributed by atoms with Gasteiger partial charge in [-0.3, -0.25) is 14.8 Å². The van der Waals surface area contributed by atoms with E-state index in [4.69, 9.17) is 11.5 Å². The van der Waals surface area contributed by atoms with Gasteiger partial charge in [-0.1, -0.05) is 6.07 Å². The van der Waals surface area contributed by atoms with Crippen LogP contribution in [-0.4, -0.2) is 15.9 Å². The number of hydrogen-bond donors (Lipinski definition) is 2. The Balaban J connectivity index is 2.40. The fraction of sp³-hybridized carbons (Fsp3) is 0.0833. The lowest BCUT2D eigenvalue weighted by Crippen LogP contribution is -2.17. The molecule has 0 spiro atoms. The number of carbonyl (C=O) groups excluding carboxylic acids is 1. The molecule has 2 aromatic rings. The van der Waals surface area contributed by atoms with Crippen molar-refractivity contribution in [2.75, 3.05) is 5.73 Å². The van der Waals surface area contributed by atoms with Gasteiger partial charge in [0.1, 0.15) is 0 Å². The van der Waals surface area contributed by atoms with Crippen molar-refractivity contribution in [3.05, 3.63) is 53.6 Å². The highest BCUT2D eigenvalue weighted by molar-refractivity contribution is 5.99. The van der Waals surface area contributed by atoms with Crippen molar-refractivity contribution in [2.24, 2.45) is 5.73 Å². The minimum absolute atomic E-state index is 0.276. The summed E-state index contributed by atoms with van der Waals surface area (Å²) < 4.78 is 0. The summed E-state index contributed by atoms with van der Waals surface area (Å²) in [7, 11) is 0. The van der Waals surface area contributed by atoms with Crippen LogP contribution in [0.2, 0.25) is 0 Å². The van der Waals surface area contributed by atoms with E-state index in [1.54, 1.807) is 18.5 Å². The second-order valence-corrected chi connectivity index (χ2v) is 3.58. The second kappa shape index (κ2) is 4.61. The topological polar surface area (TPSA) is 94.9 Å². The summed E-state index contributed by atoms with van der Waals surface area (Å²) in [5.41, 5.74) is 13.0. The van der Waals surface area contributed by atoms with Gasteiger partial charge in [0.15, 0.2) is 0 Å². The Bertz CT molecular complexity index is 539. The molecule has 0 radical (unpaired) electrons. The third-order valence-electron chi connectivity index (χ3n) is 2.38. The fourth-order valence-corrected chi connectivity index (χ4v) is 1.61.